The largest absolute Gasteiger partial charge is 0.490 e. The van der Waals surface area contributed by atoms with Gasteiger partial charge in [0.1, 0.15) is 5.75 Å². The predicted molar refractivity (Wildman–Crippen MR) is 114 cm³/mol. The molecule has 2 rings (SSSR count). The standard InChI is InChI=1S/C20H25BrN2O4S/c1-13(2)27-18-11-6-14(21)12-17(18)19(24)22-15-7-9-16(10-8-15)28(25,26)23-20(3,4)5/h6-13,23H,1-5H3,(H,22,24). The van der Waals surface area contributed by atoms with Crippen molar-refractivity contribution in [3.63, 3.8) is 0 Å². The molecule has 0 spiro atoms. The highest BCUT2D eigenvalue weighted by atomic mass is 79.9. The van der Waals surface area contributed by atoms with Crippen LogP contribution in [0.2, 0.25) is 0 Å². The molecule has 0 aromatic heterocycles. The minimum Gasteiger partial charge on any atom is -0.490 e. The van der Waals surface area contributed by atoms with Crippen LogP contribution in [0.25, 0.3) is 0 Å². The zero-order chi connectivity index (χ0) is 21.1. The number of benzene rings is 2. The van der Waals surface area contributed by atoms with Gasteiger partial charge in [0.05, 0.1) is 16.6 Å². The van der Waals surface area contributed by atoms with E-state index in [0.29, 0.717) is 17.0 Å². The molecule has 0 unspecified atom stereocenters. The summed E-state index contributed by atoms with van der Waals surface area (Å²) in [7, 11) is -3.63. The summed E-state index contributed by atoms with van der Waals surface area (Å²) in [6.07, 6.45) is -0.0764. The quantitative estimate of drug-likeness (QED) is 0.650. The van der Waals surface area contributed by atoms with E-state index >= 15 is 0 Å². The summed E-state index contributed by atoms with van der Waals surface area (Å²) in [5.41, 5.74) is 0.281. The van der Waals surface area contributed by atoms with E-state index in [0.717, 1.165) is 4.47 Å². The summed E-state index contributed by atoms with van der Waals surface area (Å²) in [6, 6.07) is 11.2. The average Bonchev–Trinajstić information content (AvgIpc) is 2.54. The van der Waals surface area contributed by atoms with Gasteiger partial charge in [0.15, 0.2) is 0 Å². The molecular formula is C20H25BrN2O4S. The number of ether oxygens (including phenoxy) is 1. The van der Waals surface area contributed by atoms with Crippen LogP contribution >= 0.6 is 15.9 Å². The van der Waals surface area contributed by atoms with Crippen molar-refractivity contribution in [3.05, 3.63) is 52.5 Å². The minimum atomic E-state index is -3.63. The van der Waals surface area contributed by atoms with Crippen LogP contribution in [0.3, 0.4) is 0 Å². The first-order valence-electron chi connectivity index (χ1n) is 8.79. The molecule has 8 heteroatoms. The van der Waals surface area contributed by atoms with Crippen LogP contribution < -0.4 is 14.8 Å². The zero-order valence-electron chi connectivity index (χ0n) is 16.5. The lowest BCUT2D eigenvalue weighted by molar-refractivity contribution is 0.102. The van der Waals surface area contributed by atoms with Crippen molar-refractivity contribution < 1.29 is 17.9 Å². The second kappa shape index (κ2) is 8.63. The van der Waals surface area contributed by atoms with E-state index in [4.69, 9.17) is 4.74 Å². The highest BCUT2D eigenvalue weighted by Crippen LogP contribution is 2.26. The maximum Gasteiger partial charge on any atom is 0.259 e. The van der Waals surface area contributed by atoms with Gasteiger partial charge in [-0.2, -0.15) is 0 Å². The smallest absolute Gasteiger partial charge is 0.259 e. The fraction of sp³-hybridized carbons (Fsp3) is 0.350. The number of carbonyl (C=O) groups is 1. The topological polar surface area (TPSA) is 84.5 Å². The molecule has 0 bridgehead atoms. The maximum absolute atomic E-state index is 12.7. The molecular weight excluding hydrogens is 444 g/mol. The van der Waals surface area contributed by atoms with E-state index in [2.05, 4.69) is 26.0 Å². The second-order valence-corrected chi connectivity index (χ2v) is 10.2. The molecule has 2 aromatic rings. The summed E-state index contributed by atoms with van der Waals surface area (Å²) in [5, 5.41) is 2.77. The Morgan fingerprint density at radius 1 is 1.07 bits per heavy atom. The number of carbonyl (C=O) groups excluding carboxylic acids is 1. The van der Waals surface area contributed by atoms with Crippen molar-refractivity contribution in [3.8, 4) is 5.75 Å². The monoisotopic (exact) mass is 468 g/mol. The summed E-state index contributed by atoms with van der Waals surface area (Å²) in [6.45, 7) is 9.08. The van der Waals surface area contributed by atoms with Crippen molar-refractivity contribution in [1.82, 2.24) is 4.72 Å². The average molecular weight is 469 g/mol. The lowest BCUT2D eigenvalue weighted by atomic mass is 10.1. The number of rotatable bonds is 6. The fourth-order valence-electron chi connectivity index (χ4n) is 2.41. The van der Waals surface area contributed by atoms with Crippen LogP contribution in [-0.4, -0.2) is 26.0 Å². The van der Waals surface area contributed by atoms with Crippen molar-refractivity contribution in [2.45, 2.75) is 51.2 Å². The molecule has 28 heavy (non-hydrogen) atoms. The lowest BCUT2D eigenvalue weighted by Gasteiger charge is -2.20. The lowest BCUT2D eigenvalue weighted by Crippen LogP contribution is -2.40. The number of hydrogen-bond donors (Lipinski definition) is 2. The molecule has 0 aliphatic heterocycles. The third kappa shape index (κ3) is 6.32. The molecule has 2 aromatic carbocycles. The number of amides is 1. The number of sulfonamides is 1. The van der Waals surface area contributed by atoms with Crippen molar-refractivity contribution in [2.75, 3.05) is 5.32 Å². The van der Waals surface area contributed by atoms with Gasteiger partial charge in [0.2, 0.25) is 10.0 Å². The highest BCUT2D eigenvalue weighted by molar-refractivity contribution is 9.10. The molecule has 1 amide bonds. The van der Waals surface area contributed by atoms with Gasteiger partial charge in [-0.1, -0.05) is 15.9 Å². The molecule has 6 nitrogen and oxygen atoms in total. The third-order valence-corrected chi connectivity index (χ3v) is 5.68. The first-order valence-corrected chi connectivity index (χ1v) is 11.1. The van der Waals surface area contributed by atoms with E-state index < -0.39 is 15.6 Å². The van der Waals surface area contributed by atoms with Gasteiger partial charge in [-0.3, -0.25) is 4.79 Å². The Morgan fingerprint density at radius 2 is 1.68 bits per heavy atom. The van der Waals surface area contributed by atoms with Crippen LogP contribution in [-0.2, 0) is 10.0 Å². The van der Waals surface area contributed by atoms with Gasteiger partial charge in [0, 0.05) is 15.7 Å². The summed E-state index contributed by atoms with van der Waals surface area (Å²) in [5.74, 6) is 0.129. The second-order valence-electron chi connectivity index (χ2n) is 7.64. The van der Waals surface area contributed by atoms with Crippen molar-refractivity contribution in [1.29, 1.82) is 0 Å². The number of anilines is 1. The van der Waals surface area contributed by atoms with E-state index in [9.17, 15) is 13.2 Å². The van der Waals surface area contributed by atoms with Crippen molar-refractivity contribution >= 4 is 37.5 Å². The number of halogens is 1. The Bertz CT molecular complexity index is 949. The van der Waals surface area contributed by atoms with E-state index in [1.54, 1.807) is 51.1 Å². The van der Waals surface area contributed by atoms with Gasteiger partial charge in [-0.05, 0) is 77.1 Å². The highest BCUT2D eigenvalue weighted by Gasteiger charge is 2.22. The van der Waals surface area contributed by atoms with E-state index in [1.165, 1.54) is 12.1 Å². The van der Waals surface area contributed by atoms with Crippen LogP contribution in [0.1, 0.15) is 45.0 Å². The van der Waals surface area contributed by atoms with Gasteiger partial charge in [0.25, 0.3) is 5.91 Å². The molecule has 0 radical (unpaired) electrons. The predicted octanol–water partition coefficient (Wildman–Crippen LogP) is 4.57. The SMILES string of the molecule is CC(C)Oc1ccc(Br)cc1C(=O)Nc1ccc(S(=O)(=O)NC(C)(C)C)cc1. The van der Waals surface area contributed by atoms with E-state index in [1.807, 2.05) is 13.8 Å². The zero-order valence-corrected chi connectivity index (χ0v) is 18.9. The van der Waals surface area contributed by atoms with Crippen LogP contribution in [0.15, 0.2) is 51.8 Å². The maximum atomic E-state index is 12.7. The Labute approximate surface area is 174 Å². The van der Waals surface area contributed by atoms with Gasteiger partial charge in [-0.15, -0.1) is 0 Å². The molecule has 0 atom stereocenters. The molecule has 0 saturated heterocycles. The molecule has 0 fully saturated rings. The minimum absolute atomic E-state index is 0.0764. The fourth-order valence-corrected chi connectivity index (χ4v) is 4.19. The number of nitrogens with one attached hydrogen (secondary N) is 2. The summed E-state index contributed by atoms with van der Waals surface area (Å²) < 4.78 is 33.8. The van der Waals surface area contributed by atoms with Gasteiger partial charge < -0.3 is 10.1 Å². The molecule has 0 saturated carbocycles. The van der Waals surface area contributed by atoms with Gasteiger partial charge >= 0.3 is 0 Å². The third-order valence-electron chi connectivity index (χ3n) is 3.41. The van der Waals surface area contributed by atoms with Gasteiger partial charge in [-0.25, -0.2) is 13.1 Å². The molecule has 2 N–H and O–H groups in total. The molecule has 0 aliphatic rings. The first-order chi connectivity index (χ1) is 12.9. The number of hydrogen-bond acceptors (Lipinski definition) is 4. The van der Waals surface area contributed by atoms with Crippen LogP contribution in [0, 0.1) is 0 Å². The Morgan fingerprint density at radius 3 is 2.21 bits per heavy atom. The molecule has 0 heterocycles. The summed E-state index contributed by atoms with van der Waals surface area (Å²) in [4.78, 5) is 12.8. The van der Waals surface area contributed by atoms with Crippen LogP contribution in [0.5, 0.6) is 5.75 Å². The van der Waals surface area contributed by atoms with Crippen LogP contribution in [0.4, 0.5) is 5.69 Å². The Kier molecular flexibility index (Phi) is 6.90. The van der Waals surface area contributed by atoms with Crippen molar-refractivity contribution in [2.24, 2.45) is 0 Å². The normalized spacial score (nSPS) is 12.1. The molecule has 0 aliphatic carbocycles. The Hall–Kier alpha value is -1.90. The van der Waals surface area contributed by atoms with E-state index in [-0.39, 0.29) is 16.9 Å². The summed E-state index contributed by atoms with van der Waals surface area (Å²) >= 11 is 3.36. The Balaban J connectivity index is 2.21. The molecule has 152 valence electrons. The first kappa shape index (κ1) is 22.4.